The molecule has 2 aromatic carbocycles. The van der Waals surface area contributed by atoms with Crippen LogP contribution in [0.5, 0.6) is 11.5 Å². The van der Waals surface area contributed by atoms with E-state index in [1.54, 1.807) is 18.2 Å². The first kappa shape index (κ1) is 13.3. The number of phenols is 2. The zero-order valence-electron chi connectivity index (χ0n) is 12.0. The summed E-state index contributed by atoms with van der Waals surface area (Å²) in [4.78, 5) is 0. The minimum absolute atomic E-state index is 0.181. The Balaban J connectivity index is 2.27. The molecular formula is C18H16O3. The lowest BCUT2D eigenvalue weighted by Crippen LogP contribution is -2.18. The minimum Gasteiger partial charge on any atom is -0.508 e. The van der Waals surface area contributed by atoms with Crippen LogP contribution in [-0.4, -0.2) is 10.2 Å². The third kappa shape index (κ3) is 2.27. The molecular weight excluding hydrogens is 264 g/mol. The van der Waals surface area contributed by atoms with Crippen molar-refractivity contribution in [2.75, 3.05) is 0 Å². The van der Waals surface area contributed by atoms with Crippen molar-refractivity contribution in [3.05, 3.63) is 57.7 Å². The molecule has 106 valence electrons. The minimum atomic E-state index is 0.181. The predicted molar refractivity (Wildman–Crippen MR) is 83.8 cm³/mol. The van der Waals surface area contributed by atoms with Crippen LogP contribution in [-0.2, 0) is 0 Å². The number of phenolic OH excluding ortho intramolecular Hbond substituents is 2. The SMILES string of the molecule is C=c1/c(=C/c2ccc(O)c(C)c2)oc2cc(O)cc(C)c12. The molecule has 0 spiro atoms. The second kappa shape index (κ2) is 4.70. The van der Waals surface area contributed by atoms with E-state index in [1.165, 1.54) is 0 Å². The number of aryl methyl sites for hydroxylation is 2. The number of furan rings is 1. The molecule has 0 aliphatic rings. The third-order valence-corrected chi connectivity index (χ3v) is 3.62. The lowest BCUT2D eigenvalue weighted by atomic mass is 10.1. The van der Waals surface area contributed by atoms with Gasteiger partial charge in [0.1, 0.15) is 22.5 Å². The molecule has 3 aromatic rings. The topological polar surface area (TPSA) is 53.6 Å². The Bertz CT molecular complexity index is 949. The van der Waals surface area contributed by atoms with E-state index in [-0.39, 0.29) is 11.5 Å². The van der Waals surface area contributed by atoms with Gasteiger partial charge in [0.15, 0.2) is 0 Å². The van der Waals surface area contributed by atoms with Gasteiger partial charge in [-0.3, -0.25) is 0 Å². The van der Waals surface area contributed by atoms with E-state index in [4.69, 9.17) is 4.42 Å². The largest absolute Gasteiger partial charge is 0.508 e. The van der Waals surface area contributed by atoms with E-state index >= 15 is 0 Å². The second-order valence-corrected chi connectivity index (χ2v) is 5.27. The van der Waals surface area contributed by atoms with Crippen molar-refractivity contribution in [3.8, 4) is 11.5 Å². The molecule has 0 unspecified atom stereocenters. The van der Waals surface area contributed by atoms with Crippen molar-refractivity contribution >= 4 is 23.6 Å². The van der Waals surface area contributed by atoms with Crippen molar-refractivity contribution in [1.82, 2.24) is 0 Å². The van der Waals surface area contributed by atoms with Gasteiger partial charge >= 0.3 is 0 Å². The Morgan fingerprint density at radius 1 is 1.05 bits per heavy atom. The van der Waals surface area contributed by atoms with E-state index in [9.17, 15) is 10.2 Å². The lowest BCUT2D eigenvalue weighted by Gasteiger charge is -1.98. The third-order valence-electron chi connectivity index (χ3n) is 3.62. The quantitative estimate of drug-likeness (QED) is 0.720. The van der Waals surface area contributed by atoms with Gasteiger partial charge in [0.25, 0.3) is 0 Å². The van der Waals surface area contributed by atoms with Crippen LogP contribution in [0.3, 0.4) is 0 Å². The first-order chi connectivity index (χ1) is 9.95. The van der Waals surface area contributed by atoms with Crippen LogP contribution in [0.4, 0.5) is 0 Å². The van der Waals surface area contributed by atoms with E-state index < -0.39 is 0 Å². The summed E-state index contributed by atoms with van der Waals surface area (Å²) >= 11 is 0. The summed E-state index contributed by atoms with van der Waals surface area (Å²) in [6.45, 7) is 7.84. The molecule has 0 saturated heterocycles. The Hall–Kier alpha value is -2.68. The molecule has 0 atom stereocenters. The van der Waals surface area contributed by atoms with E-state index in [2.05, 4.69) is 6.58 Å². The fourth-order valence-electron chi connectivity index (χ4n) is 2.54. The van der Waals surface area contributed by atoms with Gasteiger partial charge in [0, 0.05) is 16.7 Å². The number of benzene rings is 2. The van der Waals surface area contributed by atoms with Gasteiger partial charge in [0.2, 0.25) is 0 Å². The molecule has 3 heteroatoms. The van der Waals surface area contributed by atoms with Crippen LogP contribution >= 0.6 is 0 Å². The predicted octanol–water partition coefficient (Wildman–Crippen LogP) is 2.70. The summed E-state index contributed by atoms with van der Waals surface area (Å²) in [5, 5.41) is 20.9. The Morgan fingerprint density at radius 3 is 2.52 bits per heavy atom. The normalized spacial score (nSPS) is 12.2. The average Bonchev–Trinajstić information content (AvgIpc) is 2.70. The average molecular weight is 280 g/mol. The highest BCUT2D eigenvalue weighted by molar-refractivity contribution is 5.83. The monoisotopic (exact) mass is 280 g/mol. The molecule has 3 nitrogen and oxygen atoms in total. The van der Waals surface area contributed by atoms with Crippen LogP contribution in [0, 0.1) is 13.8 Å². The molecule has 0 radical (unpaired) electrons. The summed E-state index contributed by atoms with van der Waals surface area (Å²) in [7, 11) is 0. The van der Waals surface area contributed by atoms with Crippen molar-refractivity contribution < 1.29 is 14.6 Å². The van der Waals surface area contributed by atoms with Gasteiger partial charge in [-0.1, -0.05) is 12.6 Å². The van der Waals surface area contributed by atoms with Crippen molar-refractivity contribution in [2.45, 2.75) is 13.8 Å². The molecule has 21 heavy (non-hydrogen) atoms. The van der Waals surface area contributed by atoms with Crippen LogP contribution in [0.15, 0.2) is 34.7 Å². The van der Waals surface area contributed by atoms with Gasteiger partial charge in [-0.2, -0.15) is 0 Å². The summed E-state index contributed by atoms with van der Waals surface area (Å²) < 4.78 is 5.79. The molecule has 0 fully saturated rings. The summed E-state index contributed by atoms with van der Waals surface area (Å²) in [6, 6.07) is 8.65. The summed E-state index contributed by atoms with van der Waals surface area (Å²) in [5.41, 5.74) is 3.94. The lowest BCUT2D eigenvalue weighted by molar-refractivity contribution is 0.471. The number of aromatic hydroxyl groups is 2. The zero-order chi connectivity index (χ0) is 15.1. The van der Waals surface area contributed by atoms with Gasteiger partial charge in [-0.05, 0) is 54.8 Å². The standard InChI is InChI=1S/C18H16O3/c1-10-6-13(4-5-15(10)20)8-16-12(3)18-11(2)7-14(19)9-17(18)21-16/h4-9,19-20H,3H2,1-2H3/b16-8-. The Kier molecular flexibility index (Phi) is 2.98. The maximum absolute atomic E-state index is 9.65. The zero-order valence-corrected chi connectivity index (χ0v) is 12.0. The van der Waals surface area contributed by atoms with Crippen LogP contribution in [0.1, 0.15) is 16.7 Å². The number of fused-ring (bicyclic) bond motifs is 1. The highest BCUT2D eigenvalue weighted by Crippen LogP contribution is 2.21. The summed E-state index contributed by atoms with van der Waals surface area (Å²) in [6.07, 6.45) is 1.88. The van der Waals surface area contributed by atoms with Crippen molar-refractivity contribution in [1.29, 1.82) is 0 Å². The Morgan fingerprint density at radius 2 is 1.81 bits per heavy atom. The van der Waals surface area contributed by atoms with Gasteiger partial charge in [-0.15, -0.1) is 0 Å². The number of rotatable bonds is 1. The molecule has 0 saturated carbocycles. The molecule has 3 rings (SSSR count). The van der Waals surface area contributed by atoms with Gasteiger partial charge < -0.3 is 14.6 Å². The molecule has 2 N–H and O–H groups in total. The van der Waals surface area contributed by atoms with Crippen molar-refractivity contribution in [2.24, 2.45) is 0 Å². The first-order valence-corrected chi connectivity index (χ1v) is 6.68. The maximum Gasteiger partial charge on any atom is 0.139 e. The van der Waals surface area contributed by atoms with Crippen LogP contribution < -0.4 is 10.6 Å². The summed E-state index contributed by atoms with van der Waals surface area (Å²) in [5.74, 6) is 0.452. The molecule has 0 bridgehead atoms. The van der Waals surface area contributed by atoms with E-state index in [1.807, 2.05) is 32.1 Å². The number of hydrogen-bond donors (Lipinski definition) is 2. The van der Waals surface area contributed by atoms with Crippen molar-refractivity contribution in [3.63, 3.8) is 0 Å². The highest BCUT2D eigenvalue weighted by atomic mass is 16.3. The van der Waals surface area contributed by atoms with Crippen LogP contribution in [0.25, 0.3) is 23.6 Å². The van der Waals surface area contributed by atoms with Crippen LogP contribution in [0.2, 0.25) is 0 Å². The smallest absolute Gasteiger partial charge is 0.139 e. The molecule has 0 aliphatic heterocycles. The second-order valence-electron chi connectivity index (χ2n) is 5.27. The highest BCUT2D eigenvalue weighted by Gasteiger charge is 2.07. The van der Waals surface area contributed by atoms with Gasteiger partial charge in [0.05, 0.1) is 0 Å². The molecule has 0 aliphatic carbocycles. The maximum atomic E-state index is 9.65. The molecule has 1 aromatic heterocycles. The van der Waals surface area contributed by atoms with E-state index in [0.717, 1.165) is 27.3 Å². The fraction of sp³-hybridized carbons (Fsp3) is 0.111. The number of hydrogen-bond acceptors (Lipinski definition) is 3. The Labute approximate surface area is 122 Å². The molecule has 0 amide bonds. The molecule has 1 heterocycles. The van der Waals surface area contributed by atoms with E-state index in [0.29, 0.717) is 11.0 Å². The fourth-order valence-corrected chi connectivity index (χ4v) is 2.54. The van der Waals surface area contributed by atoms with Gasteiger partial charge in [-0.25, -0.2) is 0 Å². The first-order valence-electron chi connectivity index (χ1n) is 6.68.